The van der Waals surface area contributed by atoms with Crippen LogP contribution in [0.15, 0.2) is 23.2 Å². The Labute approximate surface area is 199 Å². The van der Waals surface area contributed by atoms with Crippen LogP contribution < -0.4 is 15.5 Å². The van der Waals surface area contributed by atoms with E-state index < -0.39 is 11.7 Å². The molecular formula is C21H33F3IN5O. The molecule has 31 heavy (non-hydrogen) atoms. The zero-order valence-corrected chi connectivity index (χ0v) is 20.7. The number of rotatable bonds is 5. The number of halogens is 4. The van der Waals surface area contributed by atoms with Crippen molar-refractivity contribution in [1.29, 1.82) is 0 Å². The second-order valence-electron chi connectivity index (χ2n) is 8.31. The van der Waals surface area contributed by atoms with Crippen LogP contribution >= 0.6 is 24.0 Å². The Morgan fingerprint density at radius 3 is 2.48 bits per heavy atom. The first-order valence-corrected chi connectivity index (χ1v) is 10.4. The van der Waals surface area contributed by atoms with Crippen molar-refractivity contribution >= 4 is 35.6 Å². The molecule has 176 valence electrons. The van der Waals surface area contributed by atoms with E-state index >= 15 is 0 Å². The molecule has 0 amide bonds. The van der Waals surface area contributed by atoms with E-state index in [4.69, 9.17) is 4.74 Å². The van der Waals surface area contributed by atoms with Gasteiger partial charge < -0.3 is 25.2 Å². The number of aliphatic imine (C=N–C) groups is 1. The van der Waals surface area contributed by atoms with E-state index in [1.165, 1.54) is 12.1 Å². The third kappa shape index (κ3) is 7.11. The minimum absolute atomic E-state index is 0. The Hall–Kier alpha value is -1.27. The summed E-state index contributed by atoms with van der Waals surface area (Å²) in [7, 11) is 3.71. The molecule has 1 atom stereocenters. The van der Waals surface area contributed by atoms with E-state index in [2.05, 4.69) is 39.4 Å². The SMILES string of the molecule is CN=C(NCc1cc(C(F)(F)F)ccc1N1CCN(C)CC1)NCC1(C)CCCO1.I. The molecule has 0 bridgehead atoms. The monoisotopic (exact) mass is 555 g/mol. The number of nitrogens with one attached hydrogen (secondary N) is 2. The Balaban J connectivity index is 0.00000341. The first-order chi connectivity index (χ1) is 14.2. The number of alkyl halides is 3. The lowest BCUT2D eigenvalue weighted by Crippen LogP contribution is -2.46. The van der Waals surface area contributed by atoms with Gasteiger partial charge in [0, 0.05) is 58.6 Å². The maximum atomic E-state index is 13.3. The van der Waals surface area contributed by atoms with Gasteiger partial charge in [0.05, 0.1) is 11.2 Å². The molecule has 3 rings (SSSR count). The van der Waals surface area contributed by atoms with Crippen molar-refractivity contribution in [1.82, 2.24) is 15.5 Å². The molecule has 0 radical (unpaired) electrons. The van der Waals surface area contributed by atoms with E-state index in [0.717, 1.165) is 51.3 Å². The fourth-order valence-electron chi connectivity index (χ4n) is 3.91. The van der Waals surface area contributed by atoms with Gasteiger partial charge in [-0.15, -0.1) is 24.0 Å². The molecule has 0 aliphatic carbocycles. The number of hydrogen-bond acceptors (Lipinski definition) is 4. The van der Waals surface area contributed by atoms with Crippen LogP contribution in [0.1, 0.15) is 30.9 Å². The Kier molecular flexibility index (Phi) is 9.26. The predicted octanol–water partition coefficient (Wildman–Crippen LogP) is 3.31. The zero-order chi connectivity index (χ0) is 21.8. The number of hydrogen-bond donors (Lipinski definition) is 2. The largest absolute Gasteiger partial charge is 0.416 e. The summed E-state index contributed by atoms with van der Waals surface area (Å²) in [5.74, 6) is 0.550. The molecule has 0 aromatic heterocycles. The Morgan fingerprint density at radius 1 is 1.19 bits per heavy atom. The lowest BCUT2D eigenvalue weighted by molar-refractivity contribution is -0.137. The van der Waals surface area contributed by atoms with Crippen molar-refractivity contribution in [3.63, 3.8) is 0 Å². The van der Waals surface area contributed by atoms with Gasteiger partial charge in [-0.3, -0.25) is 4.99 Å². The average molecular weight is 555 g/mol. The summed E-state index contributed by atoms with van der Waals surface area (Å²) in [5, 5.41) is 6.42. The molecule has 1 aromatic rings. The summed E-state index contributed by atoms with van der Waals surface area (Å²) in [6, 6.07) is 4.01. The zero-order valence-electron chi connectivity index (χ0n) is 18.4. The third-order valence-corrected chi connectivity index (χ3v) is 5.85. The molecule has 2 aliphatic rings. The second-order valence-corrected chi connectivity index (χ2v) is 8.31. The molecule has 0 spiro atoms. The molecule has 2 saturated heterocycles. The van der Waals surface area contributed by atoms with E-state index in [0.29, 0.717) is 18.1 Å². The lowest BCUT2D eigenvalue weighted by atomic mass is 10.0. The summed E-state index contributed by atoms with van der Waals surface area (Å²) >= 11 is 0. The predicted molar refractivity (Wildman–Crippen MR) is 128 cm³/mol. The van der Waals surface area contributed by atoms with Gasteiger partial charge in [0.2, 0.25) is 0 Å². The van der Waals surface area contributed by atoms with E-state index in [9.17, 15) is 13.2 Å². The van der Waals surface area contributed by atoms with Gasteiger partial charge in [-0.25, -0.2) is 0 Å². The van der Waals surface area contributed by atoms with Gasteiger partial charge >= 0.3 is 6.18 Å². The summed E-state index contributed by atoms with van der Waals surface area (Å²) in [6.07, 6.45) is -2.37. The second kappa shape index (κ2) is 11.0. The fraction of sp³-hybridized carbons (Fsp3) is 0.667. The van der Waals surface area contributed by atoms with Crippen LogP contribution in [0, 0.1) is 0 Å². The maximum Gasteiger partial charge on any atom is 0.416 e. The number of benzene rings is 1. The summed E-state index contributed by atoms with van der Waals surface area (Å²) in [4.78, 5) is 8.59. The van der Waals surface area contributed by atoms with Gasteiger partial charge in [0.25, 0.3) is 0 Å². The first-order valence-electron chi connectivity index (χ1n) is 10.4. The van der Waals surface area contributed by atoms with Crippen LogP contribution in [0.25, 0.3) is 0 Å². The van der Waals surface area contributed by atoms with Crippen LogP contribution in [-0.4, -0.2) is 69.9 Å². The van der Waals surface area contributed by atoms with E-state index in [1.807, 2.05) is 0 Å². The minimum atomic E-state index is -4.37. The normalized spacial score (nSPS) is 22.9. The number of guanidine groups is 1. The number of nitrogens with zero attached hydrogens (tertiary/aromatic N) is 3. The number of anilines is 1. The quantitative estimate of drug-likeness (QED) is 0.332. The lowest BCUT2D eigenvalue weighted by Gasteiger charge is -2.35. The van der Waals surface area contributed by atoms with Crippen LogP contribution in [0.2, 0.25) is 0 Å². The van der Waals surface area contributed by atoms with Gasteiger partial charge in [0.1, 0.15) is 0 Å². The highest BCUT2D eigenvalue weighted by atomic mass is 127. The Bertz CT molecular complexity index is 745. The minimum Gasteiger partial charge on any atom is -0.373 e. The van der Waals surface area contributed by atoms with Crippen LogP contribution in [0.4, 0.5) is 18.9 Å². The smallest absolute Gasteiger partial charge is 0.373 e. The molecule has 1 unspecified atom stereocenters. The maximum absolute atomic E-state index is 13.3. The first kappa shape index (κ1) is 26.0. The summed E-state index contributed by atoms with van der Waals surface area (Å²) in [6.45, 7) is 7.01. The van der Waals surface area contributed by atoms with Crippen LogP contribution in [-0.2, 0) is 17.5 Å². The van der Waals surface area contributed by atoms with Gasteiger partial charge in [-0.1, -0.05) is 0 Å². The van der Waals surface area contributed by atoms with E-state index in [1.54, 1.807) is 13.1 Å². The summed E-state index contributed by atoms with van der Waals surface area (Å²) < 4.78 is 45.7. The van der Waals surface area contributed by atoms with E-state index in [-0.39, 0.29) is 36.1 Å². The van der Waals surface area contributed by atoms with Gasteiger partial charge in [0.15, 0.2) is 5.96 Å². The number of likely N-dealkylation sites (N-methyl/N-ethyl adjacent to an activating group) is 1. The third-order valence-electron chi connectivity index (χ3n) is 5.85. The molecule has 2 aliphatic heterocycles. The molecule has 2 N–H and O–H groups in total. The highest BCUT2D eigenvalue weighted by Crippen LogP contribution is 2.33. The van der Waals surface area contributed by atoms with Crippen molar-refractivity contribution in [2.75, 3.05) is 58.3 Å². The standard InChI is InChI=1S/C21H32F3N5O.HI/c1-20(7-4-12-30-20)15-27-19(25-2)26-14-16-13-17(21(22,23)24)5-6-18(16)29-10-8-28(3)9-11-29;/h5-6,13H,4,7-12,14-15H2,1-3H3,(H2,25,26,27);1H. The molecule has 10 heteroatoms. The number of piperazine rings is 1. The van der Waals surface area contributed by atoms with Crippen molar-refractivity contribution < 1.29 is 17.9 Å². The summed E-state index contributed by atoms with van der Waals surface area (Å²) in [5.41, 5.74) is 0.580. The van der Waals surface area contributed by atoms with Crippen molar-refractivity contribution in [3.8, 4) is 0 Å². The topological polar surface area (TPSA) is 52.1 Å². The van der Waals surface area contributed by atoms with Crippen molar-refractivity contribution in [2.45, 2.75) is 38.1 Å². The molecule has 2 fully saturated rings. The molecule has 2 heterocycles. The highest BCUT2D eigenvalue weighted by molar-refractivity contribution is 14.0. The van der Waals surface area contributed by atoms with Crippen molar-refractivity contribution in [3.05, 3.63) is 29.3 Å². The van der Waals surface area contributed by atoms with Gasteiger partial charge in [-0.05, 0) is 50.6 Å². The number of ether oxygens (including phenoxy) is 1. The van der Waals surface area contributed by atoms with Crippen LogP contribution in [0.3, 0.4) is 0 Å². The Morgan fingerprint density at radius 2 is 1.90 bits per heavy atom. The average Bonchev–Trinajstić information content (AvgIpc) is 3.15. The molecular weight excluding hydrogens is 522 g/mol. The molecule has 0 saturated carbocycles. The van der Waals surface area contributed by atoms with Gasteiger partial charge in [-0.2, -0.15) is 13.2 Å². The molecule has 6 nitrogen and oxygen atoms in total. The van der Waals surface area contributed by atoms with Crippen molar-refractivity contribution in [2.24, 2.45) is 4.99 Å². The van der Waals surface area contributed by atoms with Crippen LogP contribution in [0.5, 0.6) is 0 Å². The fourth-order valence-corrected chi connectivity index (χ4v) is 3.91. The molecule has 1 aromatic carbocycles. The highest BCUT2D eigenvalue weighted by Gasteiger charge is 2.32.